The average Bonchev–Trinajstić information content (AvgIpc) is 2.46. The van der Waals surface area contributed by atoms with Crippen molar-refractivity contribution in [2.45, 2.75) is 18.8 Å². The second-order valence-corrected chi connectivity index (χ2v) is 3.52. The van der Waals surface area contributed by atoms with E-state index in [1.54, 1.807) is 0 Å². The molecule has 1 atom stereocenters. The normalized spacial score (nSPS) is 13.1. The topological polar surface area (TPSA) is 66.0 Å². The number of carboxylic acids is 1. The number of carboxylic acid groups (broad SMARTS) is 1. The predicted molar refractivity (Wildman–Crippen MR) is 47.3 cm³/mol. The number of hydrogen-bond acceptors (Lipinski definition) is 2. The molecule has 0 spiro atoms. The third-order valence-corrected chi connectivity index (χ3v) is 2.32. The van der Waals surface area contributed by atoms with Crippen molar-refractivity contribution in [3.8, 4) is 0 Å². The lowest BCUT2D eigenvalue weighted by molar-refractivity contribution is -0.138. The highest BCUT2D eigenvalue weighted by molar-refractivity contribution is 9.10. The zero-order chi connectivity index (χ0) is 10.7. The quantitative estimate of drug-likeness (QED) is 0.878. The van der Waals surface area contributed by atoms with Crippen LogP contribution in [0.15, 0.2) is 10.7 Å². The Morgan fingerprint density at radius 2 is 2.36 bits per heavy atom. The van der Waals surface area contributed by atoms with Crippen molar-refractivity contribution in [1.29, 1.82) is 0 Å². The molecule has 0 aromatic carbocycles. The van der Waals surface area contributed by atoms with Crippen molar-refractivity contribution in [2.24, 2.45) is 0 Å². The van der Waals surface area contributed by atoms with E-state index in [2.05, 4.69) is 26.1 Å². The molecule has 1 rings (SSSR count). The van der Waals surface area contributed by atoms with E-state index < -0.39 is 24.7 Å². The first-order valence-electron chi connectivity index (χ1n) is 3.71. The molecule has 0 aliphatic heterocycles. The Hall–Kier alpha value is -0.980. The van der Waals surface area contributed by atoms with Crippen LogP contribution in [0.4, 0.5) is 8.78 Å². The van der Waals surface area contributed by atoms with Gasteiger partial charge in [-0.05, 0) is 15.9 Å². The number of aromatic nitrogens is 2. The molecule has 7 heteroatoms. The van der Waals surface area contributed by atoms with Crippen LogP contribution in [0.25, 0.3) is 0 Å². The molecule has 0 aliphatic rings. The minimum Gasteiger partial charge on any atom is -0.481 e. The number of aromatic amines is 1. The summed E-state index contributed by atoms with van der Waals surface area (Å²) >= 11 is 3.01. The maximum absolute atomic E-state index is 12.5. The number of nitrogens with one attached hydrogen (secondary N) is 1. The van der Waals surface area contributed by atoms with Gasteiger partial charge in [0.15, 0.2) is 0 Å². The van der Waals surface area contributed by atoms with Gasteiger partial charge in [-0.1, -0.05) is 0 Å². The van der Waals surface area contributed by atoms with E-state index >= 15 is 0 Å². The Kier molecular flexibility index (Phi) is 3.56. The van der Waals surface area contributed by atoms with Gasteiger partial charge in [0, 0.05) is 0 Å². The van der Waals surface area contributed by atoms with Crippen LogP contribution in [0.2, 0.25) is 0 Å². The third kappa shape index (κ3) is 2.50. The molecule has 0 saturated heterocycles. The molecule has 0 bridgehead atoms. The summed E-state index contributed by atoms with van der Waals surface area (Å²) in [5.41, 5.74) is 0.113. The highest BCUT2D eigenvalue weighted by Gasteiger charge is 2.28. The lowest BCUT2D eigenvalue weighted by atomic mass is 10.0. The van der Waals surface area contributed by atoms with Gasteiger partial charge >= 0.3 is 5.97 Å². The minimum atomic E-state index is -2.73. The summed E-state index contributed by atoms with van der Waals surface area (Å²) in [6, 6.07) is 0. The van der Waals surface area contributed by atoms with Gasteiger partial charge in [0.05, 0.1) is 28.7 Å². The van der Waals surface area contributed by atoms with E-state index in [0.717, 1.165) is 0 Å². The molecule has 1 heterocycles. The number of aliphatic carboxylic acids is 1. The van der Waals surface area contributed by atoms with Gasteiger partial charge in [-0.15, -0.1) is 0 Å². The number of halogens is 3. The molecule has 0 radical (unpaired) electrons. The summed E-state index contributed by atoms with van der Waals surface area (Å²) in [6.07, 6.45) is -2.05. The van der Waals surface area contributed by atoms with Gasteiger partial charge in [0.1, 0.15) is 0 Å². The number of H-pyrrole nitrogens is 1. The molecule has 78 valence electrons. The zero-order valence-corrected chi connectivity index (χ0v) is 8.46. The Bertz CT molecular complexity index is 329. The molecular weight excluding hydrogens is 262 g/mol. The molecule has 1 unspecified atom stereocenters. The van der Waals surface area contributed by atoms with Crippen molar-refractivity contribution in [2.75, 3.05) is 0 Å². The Balaban J connectivity index is 2.88. The summed E-state index contributed by atoms with van der Waals surface area (Å²) < 4.78 is 25.3. The van der Waals surface area contributed by atoms with Crippen LogP contribution in [-0.4, -0.2) is 27.7 Å². The van der Waals surface area contributed by atoms with E-state index in [4.69, 9.17) is 5.11 Å². The molecular formula is C7H7BrF2N2O2. The number of carbonyl (C=O) groups is 1. The molecule has 4 nitrogen and oxygen atoms in total. The molecule has 0 aliphatic carbocycles. The number of nitrogens with zero attached hydrogens (tertiary/aromatic N) is 1. The van der Waals surface area contributed by atoms with E-state index in [1.165, 1.54) is 6.20 Å². The Morgan fingerprint density at radius 3 is 2.71 bits per heavy atom. The maximum Gasteiger partial charge on any atom is 0.304 e. The van der Waals surface area contributed by atoms with Crippen molar-refractivity contribution in [3.63, 3.8) is 0 Å². The molecule has 14 heavy (non-hydrogen) atoms. The smallest absolute Gasteiger partial charge is 0.304 e. The summed E-state index contributed by atoms with van der Waals surface area (Å²) in [5.74, 6) is -2.62. The van der Waals surface area contributed by atoms with Crippen molar-refractivity contribution in [3.05, 3.63) is 16.4 Å². The van der Waals surface area contributed by atoms with Gasteiger partial charge in [-0.25, -0.2) is 8.78 Å². The summed E-state index contributed by atoms with van der Waals surface area (Å²) in [7, 11) is 0. The van der Waals surface area contributed by atoms with Gasteiger partial charge < -0.3 is 5.11 Å². The summed E-state index contributed by atoms with van der Waals surface area (Å²) in [5, 5.41) is 14.3. The van der Waals surface area contributed by atoms with E-state index in [-0.39, 0.29) is 5.69 Å². The zero-order valence-electron chi connectivity index (χ0n) is 6.88. The monoisotopic (exact) mass is 268 g/mol. The molecule has 1 aromatic rings. The minimum absolute atomic E-state index is 0.113. The van der Waals surface area contributed by atoms with E-state index in [1.807, 2.05) is 0 Å². The highest BCUT2D eigenvalue weighted by Crippen LogP contribution is 2.30. The first kappa shape index (κ1) is 11.1. The van der Waals surface area contributed by atoms with Crippen LogP contribution in [0.3, 0.4) is 0 Å². The number of rotatable bonds is 4. The fourth-order valence-corrected chi connectivity index (χ4v) is 1.53. The van der Waals surface area contributed by atoms with Crippen molar-refractivity contribution in [1.82, 2.24) is 10.2 Å². The van der Waals surface area contributed by atoms with Gasteiger partial charge in [0.2, 0.25) is 6.43 Å². The van der Waals surface area contributed by atoms with Gasteiger partial charge in [-0.3, -0.25) is 9.89 Å². The van der Waals surface area contributed by atoms with Crippen LogP contribution in [0, 0.1) is 0 Å². The van der Waals surface area contributed by atoms with Crippen molar-refractivity contribution >= 4 is 21.9 Å². The molecule has 0 amide bonds. The van der Waals surface area contributed by atoms with Gasteiger partial charge in [0.25, 0.3) is 0 Å². The van der Waals surface area contributed by atoms with Crippen molar-refractivity contribution < 1.29 is 18.7 Å². The summed E-state index contributed by atoms with van der Waals surface area (Å²) in [4.78, 5) is 10.3. The van der Waals surface area contributed by atoms with E-state index in [9.17, 15) is 13.6 Å². The first-order valence-corrected chi connectivity index (χ1v) is 4.50. The first-order chi connectivity index (χ1) is 6.52. The lowest BCUT2D eigenvalue weighted by Crippen LogP contribution is -2.15. The highest BCUT2D eigenvalue weighted by atomic mass is 79.9. The second kappa shape index (κ2) is 4.50. The Labute approximate surface area is 86.4 Å². The van der Waals surface area contributed by atoms with E-state index in [0.29, 0.717) is 4.47 Å². The van der Waals surface area contributed by atoms with Crippen LogP contribution in [0.5, 0.6) is 0 Å². The molecule has 1 aromatic heterocycles. The van der Waals surface area contributed by atoms with Crippen LogP contribution >= 0.6 is 15.9 Å². The average molecular weight is 269 g/mol. The molecule has 0 saturated carbocycles. The lowest BCUT2D eigenvalue weighted by Gasteiger charge is -2.11. The SMILES string of the molecule is O=C(O)CC(c1[nH]ncc1Br)C(F)F. The van der Waals surface area contributed by atoms with Gasteiger partial charge in [-0.2, -0.15) is 5.10 Å². The second-order valence-electron chi connectivity index (χ2n) is 2.67. The fraction of sp³-hybridized carbons (Fsp3) is 0.429. The van der Waals surface area contributed by atoms with Crippen LogP contribution < -0.4 is 0 Å². The number of hydrogen-bond donors (Lipinski definition) is 2. The fourth-order valence-electron chi connectivity index (χ4n) is 1.05. The predicted octanol–water partition coefficient (Wildman–Crippen LogP) is 2.00. The standard InChI is InChI=1S/C7H7BrF2N2O2/c8-4-2-11-12-6(4)3(7(9)10)1-5(13)14/h2-3,7H,1H2,(H,11,12)(H,13,14). The number of alkyl halides is 2. The molecule has 0 fully saturated rings. The Morgan fingerprint density at radius 1 is 1.71 bits per heavy atom. The van der Waals surface area contributed by atoms with Crippen LogP contribution in [-0.2, 0) is 4.79 Å². The van der Waals surface area contributed by atoms with Crippen LogP contribution in [0.1, 0.15) is 18.0 Å². The largest absolute Gasteiger partial charge is 0.481 e. The summed E-state index contributed by atoms with van der Waals surface area (Å²) in [6.45, 7) is 0. The molecule has 2 N–H and O–H groups in total. The maximum atomic E-state index is 12.5. The third-order valence-electron chi connectivity index (χ3n) is 1.69.